The molecule has 0 spiro atoms. The zero-order chi connectivity index (χ0) is 16.1. The van der Waals surface area contributed by atoms with E-state index in [1.54, 1.807) is 30.5 Å². The van der Waals surface area contributed by atoms with Gasteiger partial charge in [-0.25, -0.2) is 13.1 Å². The van der Waals surface area contributed by atoms with Crippen LogP contribution in [-0.2, 0) is 16.6 Å². The van der Waals surface area contributed by atoms with E-state index >= 15 is 0 Å². The quantitative estimate of drug-likeness (QED) is 0.910. The minimum absolute atomic E-state index is 0.0503. The molecule has 3 rings (SSSR count). The second kappa shape index (κ2) is 7.21. The van der Waals surface area contributed by atoms with Gasteiger partial charge in [-0.05, 0) is 43.1 Å². The molecule has 2 heterocycles. The molecule has 2 aromatic rings. The average Bonchev–Trinajstić information content (AvgIpc) is 2.56. The van der Waals surface area contributed by atoms with Gasteiger partial charge in [-0.2, -0.15) is 0 Å². The van der Waals surface area contributed by atoms with Gasteiger partial charge < -0.3 is 0 Å². The maximum absolute atomic E-state index is 12.4. The van der Waals surface area contributed by atoms with Crippen molar-refractivity contribution in [2.24, 2.45) is 0 Å². The third-order valence-corrected chi connectivity index (χ3v) is 5.55. The minimum atomic E-state index is -3.45. The Labute approximate surface area is 137 Å². The Morgan fingerprint density at radius 3 is 2.74 bits per heavy atom. The van der Waals surface area contributed by atoms with E-state index in [4.69, 9.17) is 0 Å². The van der Waals surface area contributed by atoms with Crippen LogP contribution in [0.4, 0.5) is 0 Å². The molecule has 23 heavy (non-hydrogen) atoms. The summed E-state index contributed by atoms with van der Waals surface area (Å²) in [5.41, 5.74) is 1.15. The van der Waals surface area contributed by atoms with Crippen LogP contribution in [0.3, 0.4) is 0 Å². The van der Waals surface area contributed by atoms with E-state index in [0.29, 0.717) is 4.90 Å². The van der Waals surface area contributed by atoms with E-state index < -0.39 is 10.0 Å². The zero-order valence-corrected chi connectivity index (χ0v) is 13.7. The van der Waals surface area contributed by atoms with E-state index in [0.717, 1.165) is 38.0 Å². The van der Waals surface area contributed by atoms with Crippen molar-refractivity contribution >= 4 is 10.0 Å². The minimum Gasteiger partial charge on any atom is -0.297 e. The summed E-state index contributed by atoms with van der Waals surface area (Å²) in [7, 11) is -3.45. The first-order valence-electron chi connectivity index (χ1n) is 7.82. The van der Waals surface area contributed by atoms with E-state index in [1.165, 1.54) is 0 Å². The van der Waals surface area contributed by atoms with Gasteiger partial charge in [-0.15, -0.1) is 0 Å². The average molecular weight is 331 g/mol. The molecule has 1 aliphatic heterocycles. The molecule has 0 amide bonds. The summed E-state index contributed by atoms with van der Waals surface area (Å²) in [6, 6.07) is 12.5. The lowest BCUT2D eigenvalue weighted by Crippen LogP contribution is -2.47. The number of sulfonamides is 1. The summed E-state index contributed by atoms with van der Waals surface area (Å²) in [5.74, 6) is 0. The maximum Gasteiger partial charge on any atom is 0.240 e. The van der Waals surface area contributed by atoms with Crippen molar-refractivity contribution in [1.29, 1.82) is 0 Å². The van der Waals surface area contributed by atoms with Crippen LogP contribution in [-0.4, -0.2) is 37.4 Å². The van der Waals surface area contributed by atoms with Crippen LogP contribution in [0.5, 0.6) is 0 Å². The highest BCUT2D eigenvalue weighted by molar-refractivity contribution is 7.89. The Kier molecular flexibility index (Phi) is 5.05. The zero-order valence-electron chi connectivity index (χ0n) is 12.9. The summed E-state index contributed by atoms with van der Waals surface area (Å²) in [6.07, 6.45) is 5.48. The molecule has 0 bridgehead atoms. The molecule has 1 saturated heterocycles. The van der Waals surface area contributed by atoms with Gasteiger partial charge in [0.15, 0.2) is 0 Å². The highest BCUT2D eigenvalue weighted by Crippen LogP contribution is 2.16. The number of hydrogen-bond donors (Lipinski definition) is 1. The molecule has 122 valence electrons. The van der Waals surface area contributed by atoms with Crippen LogP contribution < -0.4 is 4.72 Å². The van der Waals surface area contributed by atoms with E-state index in [-0.39, 0.29) is 6.04 Å². The van der Waals surface area contributed by atoms with Crippen LogP contribution in [0.1, 0.15) is 18.4 Å². The van der Waals surface area contributed by atoms with Crippen molar-refractivity contribution in [3.8, 4) is 0 Å². The Hall–Kier alpha value is -1.76. The molecule has 0 unspecified atom stereocenters. The van der Waals surface area contributed by atoms with Crippen molar-refractivity contribution in [3.05, 3.63) is 60.4 Å². The molecule has 0 aliphatic carbocycles. The number of aromatic nitrogens is 1. The standard InChI is InChI=1S/C17H21N3O2S/c21-23(22,17-8-2-1-3-9-17)19-16-7-5-11-20(14-16)13-15-6-4-10-18-12-15/h1-4,6,8-10,12,16,19H,5,7,11,13-14H2/t16-/m1/s1. The lowest BCUT2D eigenvalue weighted by molar-refractivity contribution is 0.194. The first-order chi connectivity index (χ1) is 11.1. The van der Waals surface area contributed by atoms with Gasteiger partial charge in [0.2, 0.25) is 10.0 Å². The first-order valence-corrected chi connectivity index (χ1v) is 9.30. The SMILES string of the molecule is O=S(=O)(N[C@@H]1CCCN(Cc2cccnc2)C1)c1ccccc1. The van der Waals surface area contributed by atoms with Gasteiger partial charge in [0, 0.05) is 31.5 Å². The summed E-state index contributed by atoms with van der Waals surface area (Å²) < 4.78 is 27.7. The fourth-order valence-electron chi connectivity index (χ4n) is 2.93. The first kappa shape index (κ1) is 16.1. The fourth-order valence-corrected chi connectivity index (χ4v) is 4.22. The van der Waals surface area contributed by atoms with Crippen LogP contribution in [0.25, 0.3) is 0 Å². The van der Waals surface area contributed by atoms with Gasteiger partial charge in [0.25, 0.3) is 0 Å². The van der Waals surface area contributed by atoms with Gasteiger partial charge in [0.05, 0.1) is 4.90 Å². The predicted molar refractivity (Wildman–Crippen MR) is 89.3 cm³/mol. The van der Waals surface area contributed by atoms with Gasteiger partial charge in [-0.3, -0.25) is 9.88 Å². The van der Waals surface area contributed by atoms with E-state index in [9.17, 15) is 8.42 Å². The highest BCUT2D eigenvalue weighted by Gasteiger charge is 2.25. The Bertz CT molecular complexity index is 720. The summed E-state index contributed by atoms with van der Waals surface area (Å²) in [4.78, 5) is 6.73. The van der Waals surface area contributed by atoms with E-state index in [2.05, 4.69) is 14.6 Å². The molecular weight excluding hydrogens is 310 g/mol. The summed E-state index contributed by atoms with van der Waals surface area (Å²) in [5, 5.41) is 0. The summed E-state index contributed by atoms with van der Waals surface area (Å²) in [6.45, 7) is 2.51. The Morgan fingerprint density at radius 2 is 2.00 bits per heavy atom. The van der Waals surface area contributed by atoms with Gasteiger partial charge in [-0.1, -0.05) is 24.3 Å². The lowest BCUT2D eigenvalue weighted by Gasteiger charge is -2.32. The second-order valence-corrected chi connectivity index (χ2v) is 7.58. The van der Waals surface area contributed by atoms with Crippen molar-refractivity contribution in [2.45, 2.75) is 30.3 Å². The fraction of sp³-hybridized carbons (Fsp3) is 0.353. The molecule has 1 aromatic carbocycles. The number of nitrogens with zero attached hydrogens (tertiary/aromatic N) is 2. The predicted octanol–water partition coefficient (Wildman–Crippen LogP) is 2.02. The van der Waals surface area contributed by atoms with Crippen LogP contribution in [0.2, 0.25) is 0 Å². The number of pyridine rings is 1. The molecule has 5 nitrogen and oxygen atoms in total. The largest absolute Gasteiger partial charge is 0.297 e. The molecule has 0 radical (unpaired) electrons. The van der Waals surface area contributed by atoms with E-state index in [1.807, 2.05) is 24.4 Å². The molecule has 1 N–H and O–H groups in total. The van der Waals surface area contributed by atoms with Crippen molar-refractivity contribution in [2.75, 3.05) is 13.1 Å². The monoisotopic (exact) mass is 331 g/mol. The molecule has 1 atom stereocenters. The lowest BCUT2D eigenvalue weighted by atomic mass is 10.1. The normalized spacial score (nSPS) is 19.6. The van der Waals surface area contributed by atoms with Crippen molar-refractivity contribution in [1.82, 2.24) is 14.6 Å². The molecule has 1 aromatic heterocycles. The van der Waals surface area contributed by atoms with Crippen LogP contribution in [0.15, 0.2) is 59.8 Å². The molecule has 1 aliphatic rings. The van der Waals surface area contributed by atoms with Crippen LogP contribution >= 0.6 is 0 Å². The third-order valence-electron chi connectivity index (χ3n) is 4.01. The number of likely N-dealkylation sites (tertiary alicyclic amines) is 1. The van der Waals surface area contributed by atoms with Gasteiger partial charge >= 0.3 is 0 Å². The number of piperidine rings is 1. The number of rotatable bonds is 5. The Balaban J connectivity index is 1.63. The maximum atomic E-state index is 12.4. The third kappa shape index (κ3) is 4.37. The molecule has 6 heteroatoms. The number of hydrogen-bond acceptors (Lipinski definition) is 4. The van der Waals surface area contributed by atoms with Crippen molar-refractivity contribution in [3.63, 3.8) is 0 Å². The highest BCUT2D eigenvalue weighted by atomic mass is 32.2. The number of nitrogens with one attached hydrogen (secondary N) is 1. The number of benzene rings is 1. The Morgan fingerprint density at radius 1 is 1.17 bits per heavy atom. The molecule has 1 fully saturated rings. The summed E-state index contributed by atoms with van der Waals surface area (Å²) >= 11 is 0. The smallest absolute Gasteiger partial charge is 0.240 e. The molecular formula is C17H21N3O2S. The molecule has 0 saturated carbocycles. The van der Waals surface area contributed by atoms with Crippen molar-refractivity contribution < 1.29 is 8.42 Å². The topological polar surface area (TPSA) is 62.3 Å². The van der Waals surface area contributed by atoms with Gasteiger partial charge in [0.1, 0.15) is 0 Å². The van der Waals surface area contributed by atoms with Crippen LogP contribution in [0, 0.1) is 0 Å². The second-order valence-electron chi connectivity index (χ2n) is 5.87.